The smallest absolute Gasteiger partial charge is 0.293 e. The average Bonchev–Trinajstić information content (AvgIpc) is 2.75. The van der Waals surface area contributed by atoms with Crippen LogP contribution in [-0.4, -0.2) is 37.0 Å². The molecular weight excluding hydrogens is 270 g/mol. The van der Waals surface area contributed by atoms with Crippen LogP contribution >= 0.6 is 0 Å². The second kappa shape index (κ2) is 6.48. The zero-order valence-electron chi connectivity index (χ0n) is 10.4. The summed E-state index contributed by atoms with van der Waals surface area (Å²) in [5, 5.41) is 1.47. The van der Waals surface area contributed by atoms with Crippen molar-refractivity contribution in [2.24, 2.45) is 16.7 Å². The summed E-state index contributed by atoms with van der Waals surface area (Å²) in [6, 6.07) is 5.99. The number of aryl methyl sites for hydroxylation is 1. The molecule has 1 aliphatic heterocycles. The fourth-order valence-corrected chi connectivity index (χ4v) is 1.78. The van der Waals surface area contributed by atoms with Crippen LogP contribution in [0.1, 0.15) is 5.56 Å². The molecular formula is C10H17N5O3S. The van der Waals surface area contributed by atoms with E-state index in [2.05, 4.69) is 10.4 Å². The summed E-state index contributed by atoms with van der Waals surface area (Å²) in [6.07, 6.45) is 0. The summed E-state index contributed by atoms with van der Waals surface area (Å²) in [7, 11) is -4.02. The molecule has 0 aliphatic carbocycles. The quantitative estimate of drug-likeness (QED) is 0.303. The molecule has 106 valence electrons. The first kappa shape index (κ1) is 15.4. The van der Waals surface area contributed by atoms with E-state index in [1.54, 1.807) is 12.1 Å². The predicted octanol–water partition coefficient (Wildman–Crippen LogP) is -0.763. The van der Waals surface area contributed by atoms with E-state index in [0.717, 1.165) is 18.7 Å². The summed E-state index contributed by atoms with van der Waals surface area (Å²) in [6.45, 7) is 3.32. The molecule has 0 radical (unpaired) electrons. The summed E-state index contributed by atoms with van der Waals surface area (Å²) in [5.74, 6) is 10.9. The molecule has 0 atom stereocenters. The lowest BCUT2D eigenvalue weighted by atomic mass is 10.2. The maximum Gasteiger partial charge on any atom is 0.294 e. The zero-order valence-corrected chi connectivity index (χ0v) is 11.3. The van der Waals surface area contributed by atoms with Crippen molar-refractivity contribution >= 4 is 16.1 Å². The van der Waals surface area contributed by atoms with Crippen LogP contribution < -0.4 is 17.1 Å². The number of guanidine groups is 1. The Hall–Kier alpha value is -1.68. The Morgan fingerprint density at radius 2 is 1.95 bits per heavy atom. The molecule has 0 amide bonds. The molecule has 0 aromatic heterocycles. The Morgan fingerprint density at radius 3 is 2.26 bits per heavy atom. The zero-order chi connectivity index (χ0) is 14.5. The molecule has 6 N–H and O–H groups in total. The Kier molecular flexibility index (Phi) is 5.24. The molecule has 1 aromatic rings. The van der Waals surface area contributed by atoms with Crippen molar-refractivity contribution < 1.29 is 13.0 Å². The van der Waals surface area contributed by atoms with Gasteiger partial charge in [0.05, 0.1) is 18.0 Å². The normalized spacial score (nSPS) is 14.5. The van der Waals surface area contributed by atoms with Gasteiger partial charge in [-0.15, -0.1) is 0 Å². The van der Waals surface area contributed by atoms with Crippen LogP contribution in [0.5, 0.6) is 0 Å². The number of rotatable bonds is 1. The van der Waals surface area contributed by atoms with Crippen LogP contribution in [0.15, 0.2) is 34.2 Å². The van der Waals surface area contributed by atoms with Crippen LogP contribution in [0, 0.1) is 6.92 Å². The third-order valence-corrected chi connectivity index (χ3v) is 3.19. The molecule has 2 rings (SSSR count). The first-order chi connectivity index (χ1) is 8.84. The van der Waals surface area contributed by atoms with Crippen molar-refractivity contribution in [1.82, 2.24) is 10.4 Å². The van der Waals surface area contributed by atoms with Gasteiger partial charge >= 0.3 is 0 Å². The number of aliphatic imine (C=N–C) groups is 1. The van der Waals surface area contributed by atoms with Gasteiger partial charge in [-0.05, 0) is 19.1 Å². The van der Waals surface area contributed by atoms with Gasteiger partial charge in [0.25, 0.3) is 10.1 Å². The van der Waals surface area contributed by atoms with Crippen molar-refractivity contribution in [2.75, 3.05) is 13.1 Å². The lowest BCUT2D eigenvalue weighted by Crippen LogP contribution is -2.45. The number of hydrogen-bond donors (Lipinski definition) is 4. The Bertz CT molecular complexity index is 541. The molecule has 0 unspecified atom stereocenters. The highest BCUT2D eigenvalue weighted by atomic mass is 32.2. The summed E-state index contributed by atoms with van der Waals surface area (Å²) in [4.78, 5) is 3.85. The first-order valence-electron chi connectivity index (χ1n) is 5.42. The number of nitrogens with one attached hydrogen (secondary N) is 1. The van der Waals surface area contributed by atoms with Gasteiger partial charge in [-0.3, -0.25) is 15.0 Å². The Labute approximate surface area is 111 Å². The van der Waals surface area contributed by atoms with E-state index >= 15 is 0 Å². The highest BCUT2D eigenvalue weighted by Crippen LogP contribution is 2.08. The fourth-order valence-electron chi connectivity index (χ4n) is 1.30. The van der Waals surface area contributed by atoms with Crippen molar-refractivity contribution in [3.8, 4) is 0 Å². The second-order valence-electron chi connectivity index (χ2n) is 3.83. The number of nitrogens with two attached hydrogens (primary N) is 2. The van der Waals surface area contributed by atoms with Crippen molar-refractivity contribution in [3.63, 3.8) is 0 Å². The third kappa shape index (κ3) is 4.83. The van der Waals surface area contributed by atoms with Gasteiger partial charge in [-0.25, -0.2) is 16.7 Å². The monoisotopic (exact) mass is 287 g/mol. The molecule has 19 heavy (non-hydrogen) atoms. The maximum atomic E-state index is 10.5. The average molecular weight is 287 g/mol. The van der Waals surface area contributed by atoms with E-state index in [1.807, 2.05) is 6.92 Å². The minimum atomic E-state index is -4.02. The van der Waals surface area contributed by atoms with E-state index in [4.69, 9.17) is 16.2 Å². The molecule has 0 saturated carbocycles. The number of hydrazine groups is 2. The van der Waals surface area contributed by atoms with Crippen LogP contribution in [0.25, 0.3) is 0 Å². The lowest BCUT2D eigenvalue weighted by molar-refractivity contribution is 0.468. The highest BCUT2D eigenvalue weighted by molar-refractivity contribution is 7.85. The number of nitrogens with zero attached hydrogens (tertiary/aromatic N) is 2. The standard InChI is InChI=1S/C7H8O3S.C3H9N5/c1-6-2-4-7(5-3-6)11(8,9)10;4-7-3-6-1-2-8(3)5/h2-5H,1H3,(H,8,9,10);1-2,4-5H2,(H,6,7). The Balaban J connectivity index is 0.000000200. The largest absolute Gasteiger partial charge is 0.294 e. The molecule has 1 aromatic carbocycles. The third-order valence-electron chi connectivity index (χ3n) is 2.32. The fraction of sp³-hybridized carbons (Fsp3) is 0.300. The molecule has 0 saturated heterocycles. The van der Waals surface area contributed by atoms with E-state index in [1.165, 1.54) is 17.1 Å². The lowest BCUT2D eigenvalue weighted by Gasteiger charge is -2.10. The molecule has 9 heteroatoms. The molecule has 8 nitrogen and oxygen atoms in total. The summed E-state index contributed by atoms with van der Waals surface area (Å²) in [5.41, 5.74) is 3.32. The summed E-state index contributed by atoms with van der Waals surface area (Å²) >= 11 is 0. The second-order valence-corrected chi connectivity index (χ2v) is 5.25. The van der Waals surface area contributed by atoms with Crippen LogP contribution in [0.4, 0.5) is 0 Å². The van der Waals surface area contributed by atoms with Crippen LogP contribution in [0.3, 0.4) is 0 Å². The van der Waals surface area contributed by atoms with E-state index < -0.39 is 10.1 Å². The predicted molar refractivity (Wildman–Crippen MR) is 71.5 cm³/mol. The summed E-state index contributed by atoms with van der Waals surface area (Å²) < 4.78 is 29.6. The molecule has 1 heterocycles. The molecule has 1 aliphatic rings. The van der Waals surface area contributed by atoms with Gasteiger partial charge in [-0.1, -0.05) is 17.7 Å². The van der Waals surface area contributed by atoms with Crippen molar-refractivity contribution in [2.45, 2.75) is 11.8 Å². The van der Waals surface area contributed by atoms with Gasteiger partial charge in [0, 0.05) is 0 Å². The van der Waals surface area contributed by atoms with Gasteiger partial charge in [0.2, 0.25) is 5.96 Å². The highest BCUT2D eigenvalue weighted by Gasteiger charge is 2.09. The molecule has 0 bridgehead atoms. The van der Waals surface area contributed by atoms with Crippen molar-refractivity contribution in [1.29, 1.82) is 0 Å². The van der Waals surface area contributed by atoms with Crippen LogP contribution in [0.2, 0.25) is 0 Å². The minimum Gasteiger partial charge on any atom is -0.293 e. The minimum absolute atomic E-state index is 0.0666. The van der Waals surface area contributed by atoms with Gasteiger partial charge in [-0.2, -0.15) is 8.42 Å². The first-order valence-corrected chi connectivity index (χ1v) is 6.86. The van der Waals surface area contributed by atoms with E-state index in [0.29, 0.717) is 5.96 Å². The van der Waals surface area contributed by atoms with Gasteiger partial charge < -0.3 is 0 Å². The van der Waals surface area contributed by atoms with Crippen molar-refractivity contribution in [3.05, 3.63) is 29.8 Å². The van der Waals surface area contributed by atoms with E-state index in [9.17, 15) is 8.42 Å². The van der Waals surface area contributed by atoms with Crippen LogP contribution in [-0.2, 0) is 10.1 Å². The molecule has 0 fully saturated rings. The molecule has 0 spiro atoms. The maximum absolute atomic E-state index is 10.5. The number of hydrogen-bond acceptors (Lipinski definition) is 7. The van der Waals surface area contributed by atoms with Gasteiger partial charge in [0.1, 0.15) is 0 Å². The Morgan fingerprint density at radius 1 is 1.37 bits per heavy atom. The van der Waals surface area contributed by atoms with E-state index in [-0.39, 0.29) is 4.90 Å². The topological polar surface area (TPSA) is 134 Å². The SMILES string of the molecule is Cc1ccc(S(=O)(=O)O)cc1.NNC1=NCCN1N. The number of benzene rings is 1. The van der Waals surface area contributed by atoms with Gasteiger partial charge in [0.15, 0.2) is 0 Å².